The van der Waals surface area contributed by atoms with Gasteiger partial charge < -0.3 is 9.30 Å². The van der Waals surface area contributed by atoms with E-state index in [1.165, 1.54) is 0 Å². The number of halogens is 1. The van der Waals surface area contributed by atoms with Crippen LogP contribution in [0.5, 0.6) is 0 Å². The van der Waals surface area contributed by atoms with Crippen LogP contribution in [0.4, 0.5) is 0 Å². The molecule has 27 heavy (non-hydrogen) atoms. The smallest absolute Gasteiger partial charge is 0.261 e. The number of benzene rings is 1. The molecule has 1 fully saturated rings. The maximum atomic E-state index is 12.8. The molecule has 0 spiro atoms. The average molecular weight is 381 g/mol. The minimum atomic E-state index is -0.0127. The molecule has 7 heteroatoms. The van der Waals surface area contributed by atoms with Crippen LogP contribution in [0.1, 0.15) is 24.6 Å². The third kappa shape index (κ3) is 2.64. The van der Waals surface area contributed by atoms with Gasteiger partial charge in [0.05, 0.1) is 28.8 Å². The number of hydrogen-bond donors (Lipinski definition) is 0. The van der Waals surface area contributed by atoms with Crippen LogP contribution in [-0.2, 0) is 11.3 Å². The molecule has 0 amide bonds. The topological polar surface area (TPSA) is 61.4 Å². The van der Waals surface area contributed by atoms with Crippen molar-refractivity contribution in [3.63, 3.8) is 0 Å². The molecule has 0 aliphatic heterocycles. The van der Waals surface area contributed by atoms with Crippen LogP contribution in [0.2, 0.25) is 5.02 Å². The number of hydrogen-bond acceptors (Lipinski definition) is 4. The van der Waals surface area contributed by atoms with Gasteiger partial charge in [0.15, 0.2) is 5.65 Å². The Balaban J connectivity index is 1.80. The molecule has 5 rings (SSSR count). The van der Waals surface area contributed by atoms with Crippen LogP contribution in [-0.4, -0.2) is 26.3 Å². The molecule has 1 aromatic carbocycles. The van der Waals surface area contributed by atoms with E-state index in [4.69, 9.17) is 21.4 Å². The van der Waals surface area contributed by atoms with E-state index in [-0.39, 0.29) is 5.56 Å². The lowest BCUT2D eigenvalue weighted by Crippen LogP contribution is -2.19. The first kappa shape index (κ1) is 16.5. The summed E-state index contributed by atoms with van der Waals surface area (Å²) in [7, 11) is 1.63. The standard InChI is InChI=1S/C20H17ClN4O2/c1-27-11-16-18(12-2-4-13(21)5-3-12)19-22-10-15-17(25(19)23-16)8-9-24(20(15)26)14-6-7-14/h2-5,8-10,14H,6-7,11H2,1H3. The van der Waals surface area contributed by atoms with Crippen LogP contribution < -0.4 is 5.56 Å². The van der Waals surface area contributed by atoms with Gasteiger partial charge in [0, 0.05) is 30.6 Å². The molecule has 6 nitrogen and oxygen atoms in total. The van der Waals surface area contributed by atoms with Crippen LogP contribution >= 0.6 is 11.6 Å². The van der Waals surface area contributed by atoms with Gasteiger partial charge in [0.25, 0.3) is 5.56 Å². The SMILES string of the molecule is COCc1nn2c(ncc3c(=O)n(C4CC4)ccc32)c1-c1ccc(Cl)cc1. The number of rotatable bonds is 4. The molecule has 1 aliphatic carbocycles. The molecule has 3 heterocycles. The highest BCUT2D eigenvalue weighted by atomic mass is 35.5. The Kier molecular flexibility index (Phi) is 3.77. The van der Waals surface area contributed by atoms with Gasteiger partial charge in [-0.25, -0.2) is 9.50 Å². The second kappa shape index (κ2) is 6.18. The van der Waals surface area contributed by atoms with Gasteiger partial charge >= 0.3 is 0 Å². The zero-order valence-corrected chi connectivity index (χ0v) is 15.5. The monoisotopic (exact) mass is 380 g/mol. The van der Waals surface area contributed by atoms with Crippen molar-refractivity contribution in [1.29, 1.82) is 0 Å². The summed E-state index contributed by atoms with van der Waals surface area (Å²) >= 11 is 6.03. The Labute approximate surface area is 160 Å². The fourth-order valence-corrected chi connectivity index (χ4v) is 3.65. The number of methoxy groups -OCH3 is 1. The van der Waals surface area contributed by atoms with Crippen molar-refractivity contribution < 1.29 is 4.74 Å². The van der Waals surface area contributed by atoms with Crippen LogP contribution in [0.15, 0.2) is 47.5 Å². The predicted molar refractivity (Wildman–Crippen MR) is 104 cm³/mol. The van der Waals surface area contributed by atoms with Gasteiger partial charge in [-0.2, -0.15) is 5.10 Å². The second-order valence-corrected chi connectivity index (χ2v) is 7.25. The van der Waals surface area contributed by atoms with E-state index in [1.54, 1.807) is 22.4 Å². The summed E-state index contributed by atoms with van der Waals surface area (Å²) in [6.45, 7) is 0.349. The summed E-state index contributed by atoms with van der Waals surface area (Å²) in [6.07, 6.45) is 5.63. The maximum Gasteiger partial charge on any atom is 0.261 e. The number of aromatic nitrogens is 4. The van der Waals surface area contributed by atoms with E-state index in [0.29, 0.717) is 28.7 Å². The molecule has 0 bridgehead atoms. The Morgan fingerprint density at radius 1 is 1.22 bits per heavy atom. The number of pyridine rings is 1. The summed E-state index contributed by atoms with van der Waals surface area (Å²) < 4.78 is 8.89. The minimum absolute atomic E-state index is 0.0127. The molecule has 1 aliphatic rings. The molecule has 0 N–H and O–H groups in total. The van der Waals surface area contributed by atoms with E-state index in [0.717, 1.165) is 35.2 Å². The Hall–Kier alpha value is -2.70. The van der Waals surface area contributed by atoms with Crippen molar-refractivity contribution in [2.75, 3.05) is 7.11 Å². The van der Waals surface area contributed by atoms with Crippen LogP contribution in [0.25, 0.3) is 27.7 Å². The average Bonchev–Trinajstić information content (AvgIpc) is 3.44. The first-order chi connectivity index (χ1) is 13.2. The maximum absolute atomic E-state index is 12.8. The normalized spacial score (nSPS) is 14.3. The van der Waals surface area contributed by atoms with Crippen molar-refractivity contribution in [3.8, 4) is 11.1 Å². The third-order valence-corrected chi connectivity index (χ3v) is 5.22. The number of nitrogens with zero attached hydrogens (tertiary/aromatic N) is 4. The van der Waals surface area contributed by atoms with E-state index >= 15 is 0 Å². The van der Waals surface area contributed by atoms with Gasteiger partial charge in [-0.05, 0) is 36.6 Å². The summed E-state index contributed by atoms with van der Waals surface area (Å²) in [5.74, 6) is 0. The van der Waals surface area contributed by atoms with E-state index < -0.39 is 0 Å². The highest BCUT2D eigenvalue weighted by Crippen LogP contribution is 2.34. The summed E-state index contributed by atoms with van der Waals surface area (Å²) in [5, 5.41) is 5.95. The van der Waals surface area contributed by atoms with Gasteiger partial charge in [0.1, 0.15) is 0 Å². The number of ether oxygens (including phenoxy) is 1. The highest BCUT2D eigenvalue weighted by Gasteiger charge is 2.25. The largest absolute Gasteiger partial charge is 0.378 e. The molecule has 0 saturated heterocycles. The van der Waals surface area contributed by atoms with Crippen molar-refractivity contribution in [1.82, 2.24) is 19.2 Å². The molecular weight excluding hydrogens is 364 g/mol. The fourth-order valence-electron chi connectivity index (χ4n) is 3.52. The molecule has 0 unspecified atom stereocenters. The van der Waals surface area contributed by atoms with Gasteiger partial charge in [0.2, 0.25) is 0 Å². The van der Waals surface area contributed by atoms with Gasteiger partial charge in [-0.15, -0.1) is 0 Å². The second-order valence-electron chi connectivity index (χ2n) is 6.81. The van der Waals surface area contributed by atoms with E-state index in [9.17, 15) is 4.79 Å². The van der Waals surface area contributed by atoms with Crippen molar-refractivity contribution in [3.05, 3.63) is 63.8 Å². The molecule has 136 valence electrons. The molecular formula is C20H17ClN4O2. The van der Waals surface area contributed by atoms with Crippen molar-refractivity contribution in [2.24, 2.45) is 0 Å². The first-order valence-electron chi connectivity index (χ1n) is 8.83. The Morgan fingerprint density at radius 2 is 2.00 bits per heavy atom. The molecule has 0 atom stereocenters. The lowest BCUT2D eigenvalue weighted by molar-refractivity contribution is 0.181. The lowest BCUT2D eigenvalue weighted by atomic mass is 10.1. The molecule has 4 aromatic rings. The van der Waals surface area contributed by atoms with Gasteiger partial charge in [-0.3, -0.25) is 4.79 Å². The Morgan fingerprint density at radius 3 is 2.70 bits per heavy atom. The quantitative estimate of drug-likeness (QED) is 0.539. The zero-order chi connectivity index (χ0) is 18.5. The zero-order valence-electron chi connectivity index (χ0n) is 14.7. The van der Waals surface area contributed by atoms with E-state index in [2.05, 4.69) is 4.98 Å². The van der Waals surface area contributed by atoms with Crippen molar-refractivity contribution in [2.45, 2.75) is 25.5 Å². The van der Waals surface area contributed by atoms with E-state index in [1.807, 2.05) is 36.5 Å². The first-order valence-corrected chi connectivity index (χ1v) is 9.21. The Bertz CT molecular complexity index is 1220. The molecule has 3 aromatic heterocycles. The predicted octanol–water partition coefficient (Wildman–Crippen LogP) is 3.85. The number of fused-ring (bicyclic) bond motifs is 3. The minimum Gasteiger partial charge on any atom is -0.378 e. The summed E-state index contributed by atoms with van der Waals surface area (Å²) in [5.41, 5.74) is 4.05. The molecule has 0 radical (unpaired) electrons. The molecule has 1 saturated carbocycles. The third-order valence-electron chi connectivity index (χ3n) is 4.97. The van der Waals surface area contributed by atoms with Crippen LogP contribution in [0, 0.1) is 0 Å². The lowest BCUT2D eigenvalue weighted by Gasteiger charge is -2.06. The summed E-state index contributed by atoms with van der Waals surface area (Å²) in [4.78, 5) is 17.4. The fraction of sp³-hybridized carbons (Fsp3) is 0.250. The highest BCUT2D eigenvalue weighted by molar-refractivity contribution is 6.30. The summed E-state index contributed by atoms with van der Waals surface area (Å²) in [6, 6.07) is 9.83. The van der Waals surface area contributed by atoms with Crippen LogP contribution in [0.3, 0.4) is 0 Å². The van der Waals surface area contributed by atoms with Gasteiger partial charge in [-0.1, -0.05) is 23.7 Å². The van der Waals surface area contributed by atoms with Crippen molar-refractivity contribution >= 4 is 28.2 Å².